The average molecular weight is 345 g/mol. The number of carbonyl (C=O) groups is 1. The van der Waals surface area contributed by atoms with Crippen LogP contribution in [0.4, 0.5) is 0 Å². The first kappa shape index (κ1) is 14.9. The van der Waals surface area contributed by atoms with E-state index in [0.29, 0.717) is 16.1 Å². The Hall–Kier alpha value is -1.65. The van der Waals surface area contributed by atoms with E-state index in [4.69, 9.17) is 11.6 Å². The summed E-state index contributed by atoms with van der Waals surface area (Å²) < 4.78 is 1.04. The maximum absolute atomic E-state index is 12.5. The van der Waals surface area contributed by atoms with Gasteiger partial charge in [-0.25, -0.2) is 4.98 Å². The standard InChI is InChI=1S/C18H17ClN2OS/c1-10-6-7-14-12(8-10)16-13(17(19)21-14)9-15(23-16)18(22)20-11-4-2-3-5-11/h6-9,11H,2-5H2,1H3,(H,20,22). The second-order valence-corrected chi connectivity index (χ2v) is 7.64. The number of aromatic nitrogens is 1. The Labute approximate surface area is 143 Å². The van der Waals surface area contributed by atoms with Crippen LogP contribution in [0.3, 0.4) is 0 Å². The molecule has 3 aromatic rings. The molecular weight excluding hydrogens is 328 g/mol. The third-order valence-corrected chi connectivity index (χ3v) is 5.94. The van der Waals surface area contributed by atoms with Gasteiger partial charge in [-0.3, -0.25) is 4.79 Å². The zero-order chi connectivity index (χ0) is 16.0. The van der Waals surface area contributed by atoms with Crippen LogP contribution in [0.15, 0.2) is 24.3 Å². The second kappa shape index (κ2) is 5.77. The highest BCUT2D eigenvalue weighted by molar-refractivity contribution is 7.21. The number of carbonyl (C=O) groups excluding carboxylic acids is 1. The molecule has 1 fully saturated rings. The lowest BCUT2D eigenvalue weighted by molar-refractivity contribution is 0.0942. The van der Waals surface area contributed by atoms with Gasteiger partial charge in [-0.1, -0.05) is 36.1 Å². The van der Waals surface area contributed by atoms with Crippen molar-refractivity contribution in [3.8, 4) is 0 Å². The molecule has 3 nitrogen and oxygen atoms in total. The molecule has 118 valence electrons. The van der Waals surface area contributed by atoms with Gasteiger partial charge < -0.3 is 5.32 Å². The zero-order valence-electron chi connectivity index (χ0n) is 12.9. The smallest absolute Gasteiger partial charge is 0.261 e. The van der Waals surface area contributed by atoms with E-state index in [1.165, 1.54) is 29.7 Å². The van der Waals surface area contributed by atoms with Crippen molar-refractivity contribution in [3.63, 3.8) is 0 Å². The SMILES string of the molecule is Cc1ccc2nc(Cl)c3cc(C(=O)NC4CCCC4)sc3c2c1. The summed E-state index contributed by atoms with van der Waals surface area (Å²) in [6.07, 6.45) is 4.58. The molecular formula is C18H17ClN2OS. The van der Waals surface area contributed by atoms with Crippen LogP contribution in [0.1, 0.15) is 40.9 Å². The Kier molecular flexibility index (Phi) is 3.74. The van der Waals surface area contributed by atoms with Crippen LogP contribution < -0.4 is 5.32 Å². The van der Waals surface area contributed by atoms with E-state index in [2.05, 4.69) is 23.3 Å². The number of fused-ring (bicyclic) bond motifs is 3. The highest BCUT2D eigenvalue weighted by Gasteiger charge is 2.20. The molecule has 23 heavy (non-hydrogen) atoms. The van der Waals surface area contributed by atoms with E-state index in [9.17, 15) is 4.79 Å². The first-order valence-corrected chi connectivity index (χ1v) is 9.11. The van der Waals surface area contributed by atoms with E-state index in [-0.39, 0.29) is 5.91 Å². The van der Waals surface area contributed by atoms with Gasteiger partial charge in [-0.15, -0.1) is 11.3 Å². The van der Waals surface area contributed by atoms with Gasteiger partial charge >= 0.3 is 0 Å². The summed E-state index contributed by atoms with van der Waals surface area (Å²) >= 11 is 7.83. The lowest BCUT2D eigenvalue weighted by Gasteiger charge is -2.10. The fourth-order valence-electron chi connectivity index (χ4n) is 3.28. The quantitative estimate of drug-likeness (QED) is 0.658. The predicted molar refractivity (Wildman–Crippen MR) is 96.6 cm³/mol. The molecule has 1 aliphatic rings. The van der Waals surface area contributed by atoms with Crippen LogP contribution in [0.5, 0.6) is 0 Å². The molecule has 5 heteroatoms. The average Bonchev–Trinajstić information content (AvgIpc) is 3.17. The number of nitrogens with zero attached hydrogens (tertiary/aromatic N) is 1. The molecule has 1 N–H and O–H groups in total. The van der Waals surface area contributed by atoms with Gasteiger partial charge in [0, 0.05) is 21.5 Å². The minimum absolute atomic E-state index is 0.00923. The lowest BCUT2D eigenvalue weighted by atomic mass is 10.1. The number of pyridine rings is 1. The summed E-state index contributed by atoms with van der Waals surface area (Å²) in [6.45, 7) is 2.06. The third-order valence-electron chi connectivity index (χ3n) is 4.48. The first-order valence-electron chi connectivity index (χ1n) is 7.92. The van der Waals surface area contributed by atoms with Crippen LogP contribution >= 0.6 is 22.9 Å². The van der Waals surface area contributed by atoms with E-state index in [1.54, 1.807) is 0 Å². The number of benzene rings is 1. The Morgan fingerprint density at radius 1 is 1.26 bits per heavy atom. The molecule has 0 bridgehead atoms. The molecule has 1 saturated carbocycles. The second-order valence-electron chi connectivity index (χ2n) is 6.23. The van der Waals surface area contributed by atoms with Gasteiger partial charge in [0.2, 0.25) is 0 Å². The largest absolute Gasteiger partial charge is 0.349 e. The first-order chi connectivity index (χ1) is 11.1. The molecule has 0 aliphatic heterocycles. The van der Waals surface area contributed by atoms with Crippen molar-refractivity contribution in [1.82, 2.24) is 10.3 Å². The Morgan fingerprint density at radius 3 is 2.83 bits per heavy atom. The third kappa shape index (κ3) is 2.70. The summed E-state index contributed by atoms with van der Waals surface area (Å²) in [5.74, 6) is 0.00923. The van der Waals surface area contributed by atoms with E-state index in [1.807, 2.05) is 18.2 Å². The van der Waals surface area contributed by atoms with Crippen molar-refractivity contribution in [1.29, 1.82) is 0 Å². The lowest BCUT2D eigenvalue weighted by Crippen LogP contribution is -2.31. The molecule has 2 heterocycles. The molecule has 0 atom stereocenters. The number of halogens is 1. The minimum atomic E-state index is 0.00923. The molecule has 1 amide bonds. The minimum Gasteiger partial charge on any atom is -0.349 e. The zero-order valence-corrected chi connectivity index (χ0v) is 14.4. The van der Waals surface area contributed by atoms with Crippen LogP contribution in [0.25, 0.3) is 21.0 Å². The molecule has 0 spiro atoms. The van der Waals surface area contributed by atoms with Crippen molar-refractivity contribution >= 4 is 49.8 Å². The molecule has 0 saturated heterocycles. The van der Waals surface area contributed by atoms with Crippen molar-refractivity contribution < 1.29 is 4.79 Å². The highest BCUT2D eigenvalue weighted by Crippen LogP contribution is 2.36. The molecule has 0 unspecified atom stereocenters. The Balaban J connectivity index is 1.80. The van der Waals surface area contributed by atoms with Gasteiger partial charge in [0.05, 0.1) is 10.4 Å². The van der Waals surface area contributed by atoms with E-state index < -0.39 is 0 Å². The fourth-order valence-corrected chi connectivity index (χ4v) is 4.66. The molecule has 1 aliphatic carbocycles. The number of hydrogen-bond acceptors (Lipinski definition) is 3. The van der Waals surface area contributed by atoms with Gasteiger partial charge in [0.15, 0.2) is 0 Å². The fraction of sp³-hybridized carbons (Fsp3) is 0.333. The van der Waals surface area contributed by atoms with Crippen molar-refractivity contribution in [3.05, 3.63) is 39.9 Å². The molecule has 2 aromatic heterocycles. The summed E-state index contributed by atoms with van der Waals surface area (Å²) in [6, 6.07) is 8.31. The van der Waals surface area contributed by atoms with Crippen LogP contribution in [0.2, 0.25) is 5.15 Å². The summed E-state index contributed by atoms with van der Waals surface area (Å²) in [7, 11) is 0. The topological polar surface area (TPSA) is 42.0 Å². The van der Waals surface area contributed by atoms with Crippen molar-refractivity contribution in [2.24, 2.45) is 0 Å². The maximum Gasteiger partial charge on any atom is 0.261 e. The number of aryl methyl sites for hydroxylation is 1. The highest BCUT2D eigenvalue weighted by atomic mass is 35.5. The Bertz CT molecular complexity index is 912. The van der Waals surface area contributed by atoms with Gasteiger partial charge in [-0.05, 0) is 38.0 Å². The number of thiophene rings is 1. The monoisotopic (exact) mass is 344 g/mol. The molecule has 1 aromatic carbocycles. The molecule has 0 radical (unpaired) electrons. The van der Waals surface area contributed by atoms with E-state index in [0.717, 1.165) is 33.8 Å². The van der Waals surface area contributed by atoms with Crippen molar-refractivity contribution in [2.75, 3.05) is 0 Å². The normalized spacial score (nSPS) is 15.6. The summed E-state index contributed by atoms with van der Waals surface area (Å²) in [5.41, 5.74) is 2.05. The van der Waals surface area contributed by atoms with Gasteiger partial charge in [0.25, 0.3) is 5.91 Å². The Morgan fingerprint density at radius 2 is 2.04 bits per heavy atom. The number of amides is 1. The summed E-state index contributed by atoms with van der Waals surface area (Å²) in [4.78, 5) is 17.7. The van der Waals surface area contributed by atoms with Crippen LogP contribution in [-0.2, 0) is 0 Å². The van der Waals surface area contributed by atoms with Crippen LogP contribution in [0, 0.1) is 6.92 Å². The van der Waals surface area contributed by atoms with Gasteiger partial charge in [0.1, 0.15) is 5.15 Å². The molecule has 4 rings (SSSR count). The maximum atomic E-state index is 12.5. The van der Waals surface area contributed by atoms with Crippen molar-refractivity contribution in [2.45, 2.75) is 38.6 Å². The number of nitrogens with one attached hydrogen (secondary N) is 1. The van der Waals surface area contributed by atoms with Crippen LogP contribution in [-0.4, -0.2) is 16.9 Å². The van der Waals surface area contributed by atoms with E-state index >= 15 is 0 Å². The van der Waals surface area contributed by atoms with Gasteiger partial charge in [-0.2, -0.15) is 0 Å². The number of hydrogen-bond donors (Lipinski definition) is 1. The summed E-state index contributed by atoms with van der Waals surface area (Å²) in [5, 5.41) is 5.54. The number of rotatable bonds is 2. The predicted octanol–water partition coefficient (Wildman–Crippen LogP) is 5.08.